The van der Waals surface area contributed by atoms with Crippen LogP contribution in [0.15, 0.2) is 31.1 Å². The highest BCUT2D eigenvalue weighted by Crippen LogP contribution is 1.99. The Morgan fingerprint density at radius 2 is 2.24 bits per heavy atom. The van der Waals surface area contributed by atoms with Gasteiger partial charge in [-0.3, -0.25) is 0 Å². The minimum Gasteiger partial charge on any atom is -0.480 e. The number of hydrogen-bond donors (Lipinski definition) is 4. The fraction of sp³-hybridized carbons (Fsp3) is 0.250. The molecule has 0 saturated carbocycles. The predicted octanol–water partition coefficient (Wildman–Crippen LogP) is -0.305. The molecule has 1 atom stereocenters. The number of nitrogens with one attached hydrogen (secondary N) is 3. The van der Waals surface area contributed by atoms with Gasteiger partial charge in [0.15, 0.2) is 0 Å². The van der Waals surface area contributed by atoms with Gasteiger partial charge in [0.2, 0.25) is 0 Å². The van der Waals surface area contributed by atoms with Crippen LogP contribution in [0.2, 0.25) is 0 Å². The van der Waals surface area contributed by atoms with Gasteiger partial charge in [-0.15, -0.1) is 0 Å². The van der Waals surface area contributed by atoms with Crippen LogP contribution in [0.4, 0.5) is 4.79 Å². The first-order valence-electron chi connectivity index (χ1n) is 6.14. The number of carbonyl (C=O) groups excluding carboxylic acids is 1. The fourth-order valence-electron chi connectivity index (χ4n) is 1.62. The summed E-state index contributed by atoms with van der Waals surface area (Å²) in [7, 11) is 0. The van der Waals surface area contributed by atoms with E-state index in [-0.39, 0.29) is 13.0 Å². The highest BCUT2D eigenvalue weighted by Gasteiger charge is 2.20. The number of carboxylic acids is 1. The van der Waals surface area contributed by atoms with Gasteiger partial charge < -0.3 is 20.7 Å². The molecule has 9 heteroatoms. The molecule has 9 nitrogen and oxygen atoms in total. The zero-order chi connectivity index (χ0) is 15.1. The van der Waals surface area contributed by atoms with Crippen LogP contribution in [0.1, 0.15) is 11.4 Å². The van der Waals surface area contributed by atoms with Gasteiger partial charge >= 0.3 is 12.0 Å². The van der Waals surface area contributed by atoms with Crippen molar-refractivity contribution in [2.75, 3.05) is 0 Å². The zero-order valence-corrected chi connectivity index (χ0v) is 11.0. The maximum absolute atomic E-state index is 11.7. The van der Waals surface area contributed by atoms with Gasteiger partial charge in [0.1, 0.15) is 12.4 Å². The van der Waals surface area contributed by atoms with Gasteiger partial charge in [-0.1, -0.05) is 0 Å². The Labute approximate surface area is 119 Å². The number of carbonyl (C=O) groups is 2. The molecule has 0 fully saturated rings. The van der Waals surface area contributed by atoms with Crippen LogP contribution in [0, 0.1) is 0 Å². The lowest BCUT2D eigenvalue weighted by Crippen LogP contribution is -2.47. The van der Waals surface area contributed by atoms with E-state index in [9.17, 15) is 9.59 Å². The van der Waals surface area contributed by atoms with Gasteiger partial charge in [0.25, 0.3) is 0 Å². The first-order chi connectivity index (χ1) is 10.1. The van der Waals surface area contributed by atoms with Gasteiger partial charge in [0, 0.05) is 24.5 Å². The number of aliphatic carboxylic acids is 1. The van der Waals surface area contributed by atoms with E-state index in [0.29, 0.717) is 11.4 Å². The largest absolute Gasteiger partial charge is 0.480 e. The highest BCUT2D eigenvalue weighted by atomic mass is 16.4. The number of amides is 2. The minimum absolute atomic E-state index is 0.121. The SMILES string of the molecule is O=C(NCc1ccncn1)N[C@H](Cc1cnc[nH]1)C(=O)O. The number of rotatable bonds is 6. The van der Waals surface area contributed by atoms with E-state index >= 15 is 0 Å². The summed E-state index contributed by atoms with van der Waals surface area (Å²) in [5.74, 6) is -1.12. The third kappa shape index (κ3) is 4.56. The minimum atomic E-state index is -1.12. The summed E-state index contributed by atoms with van der Waals surface area (Å²) < 4.78 is 0. The number of nitrogens with zero attached hydrogens (tertiary/aromatic N) is 3. The first-order valence-corrected chi connectivity index (χ1v) is 6.14. The second-order valence-corrected chi connectivity index (χ2v) is 4.20. The summed E-state index contributed by atoms with van der Waals surface area (Å²) in [5.41, 5.74) is 1.25. The Bertz CT molecular complexity index is 586. The summed E-state index contributed by atoms with van der Waals surface area (Å²) in [5, 5.41) is 14.0. The van der Waals surface area contributed by atoms with E-state index in [1.807, 2.05) is 0 Å². The molecule has 0 unspecified atom stereocenters. The molecule has 0 aliphatic heterocycles. The Balaban J connectivity index is 1.85. The maximum Gasteiger partial charge on any atom is 0.326 e. The molecular formula is C12H14N6O3. The normalized spacial score (nSPS) is 11.6. The van der Waals surface area contributed by atoms with Crippen molar-refractivity contribution in [1.82, 2.24) is 30.6 Å². The molecule has 0 saturated heterocycles. The molecule has 0 bridgehead atoms. The molecule has 2 aromatic rings. The number of carboxylic acid groups (broad SMARTS) is 1. The Morgan fingerprint density at radius 3 is 2.86 bits per heavy atom. The van der Waals surface area contributed by atoms with E-state index in [2.05, 4.69) is 30.6 Å². The van der Waals surface area contributed by atoms with Gasteiger partial charge in [0.05, 0.1) is 18.6 Å². The molecule has 0 aliphatic rings. The number of urea groups is 1. The zero-order valence-electron chi connectivity index (χ0n) is 11.0. The van der Waals surface area contributed by atoms with Crippen LogP contribution in [0.5, 0.6) is 0 Å². The van der Waals surface area contributed by atoms with Crippen LogP contribution < -0.4 is 10.6 Å². The van der Waals surface area contributed by atoms with E-state index in [1.54, 1.807) is 12.3 Å². The molecular weight excluding hydrogens is 276 g/mol. The fourth-order valence-corrected chi connectivity index (χ4v) is 1.62. The molecule has 110 valence electrons. The lowest BCUT2D eigenvalue weighted by Gasteiger charge is -2.14. The monoisotopic (exact) mass is 290 g/mol. The quantitative estimate of drug-likeness (QED) is 0.577. The van der Waals surface area contributed by atoms with Gasteiger partial charge in [-0.25, -0.2) is 24.5 Å². The Kier molecular flexibility index (Phi) is 4.80. The standard InChI is InChI=1S/C12H14N6O3/c19-11(20)10(3-9-4-14-7-17-9)18-12(21)15-5-8-1-2-13-6-16-8/h1-2,4,6-7,10H,3,5H2,(H,14,17)(H,19,20)(H2,15,18,21)/t10-/m1/s1. The summed E-state index contributed by atoms with van der Waals surface area (Å²) in [4.78, 5) is 37.1. The third-order valence-electron chi connectivity index (χ3n) is 2.66. The van der Waals surface area contributed by atoms with Gasteiger partial charge in [-0.05, 0) is 6.07 Å². The lowest BCUT2D eigenvalue weighted by molar-refractivity contribution is -0.139. The maximum atomic E-state index is 11.7. The predicted molar refractivity (Wildman–Crippen MR) is 71.1 cm³/mol. The van der Waals surface area contributed by atoms with Crippen molar-refractivity contribution < 1.29 is 14.7 Å². The van der Waals surface area contributed by atoms with Crippen molar-refractivity contribution >= 4 is 12.0 Å². The molecule has 0 aliphatic carbocycles. The number of imidazole rings is 1. The van der Waals surface area contributed by atoms with Crippen LogP contribution in [0.3, 0.4) is 0 Å². The number of H-pyrrole nitrogens is 1. The third-order valence-corrected chi connectivity index (χ3v) is 2.66. The summed E-state index contributed by atoms with van der Waals surface area (Å²) >= 11 is 0. The lowest BCUT2D eigenvalue weighted by atomic mass is 10.2. The summed E-state index contributed by atoms with van der Waals surface area (Å²) in [6, 6.07) is 0.0240. The molecule has 0 radical (unpaired) electrons. The van der Waals surface area contributed by atoms with Crippen LogP contribution in [-0.2, 0) is 17.8 Å². The molecule has 2 rings (SSSR count). The van der Waals surface area contributed by atoms with Crippen LogP contribution in [-0.4, -0.2) is 43.1 Å². The van der Waals surface area contributed by atoms with Gasteiger partial charge in [-0.2, -0.15) is 0 Å². The van der Waals surface area contributed by atoms with E-state index in [1.165, 1.54) is 18.9 Å². The smallest absolute Gasteiger partial charge is 0.326 e. The average molecular weight is 290 g/mol. The molecule has 2 amide bonds. The van der Waals surface area contributed by atoms with Crippen LogP contribution >= 0.6 is 0 Å². The molecule has 2 aromatic heterocycles. The molecule has 0 aromatic carbocycles. The topological polar surface area (TPSA) is 133 Å². The van der Waals surface area contributed by atoms with Crippen molar-refractivity contribution in [3.63, 3.8) is 0 Å². The summed E-state index contributed by atoms with van der Waals surface area (Å²) in [6.07, 6.45) is 6.00. The highest BCUT2D eigenvalue weighted by molar-refractivity contribution is 5.82. The number of hydrogen-bond acceptors (Lipinski definition) is 5. The molecule has 4 N–H and O–H groups in total. The Hall–Kier alpha value is -2.97. The number of aromatic amines is 1. The average Bonchev–Trinajstić information content (AvgIpc) is 2.98. The number of aromatic nitrogens is 4. The van der Waals surface area contributed by atoms with E-state index < -0.39 is 18.0 Å². The van der Waals surface area contributed by atoms with Crippen LogP contribution in [0.25, 0.3) is 0 Å². The second kappa shape index (κ2) is 6.98. The van der Waals surface area contributed by atoms with E-state index in [4.69, 9.17) is 5.11 Å². The molecule has 0 spiro atoms. The van der Waals surface area contributed by atoms with Crippen molar-refractivity contribution in [3.8, 4) is 0 Å². The molecule has 2 heterocycles. The first kappa shape index (κ1) is 14.4. The van der Waals surface area contributed by atoms with E-state index in [0.717, 1.165) is 0 Å². The summed E-state index contributed by atoms with van der Waals surface area (Å²) in [6.45, 7) is 0.185. The van der Waals surface area contributed by atoms with Crippen molar-refractivity contribution in [3.05, 3.63) is 42.5 Å². The Morgan fingerprint density at radius 1 is 1.38 bits per heavy atom. The van der Waals surface area contributed by atoms with Crippen molar-refractivity contribution in [2.24, 2.45) is 0 Å². The van der Waals surface area contributed by atoms with Crippen molar-refractivity contribution in [1.29, 1.82) is 0 Å². The van der Waals surface area contributed by atoms with Crippen molar-refractivity contribution in [2.45, 2.75) is 19.0 Å². The molecule has 21 heavy (non-hydrogen) atoms. The second-order valence-electron chi connectivity index (χ2n) is 4.20.